The van der Waals surface area contributed by atoms with E-state index in [2.05, 4.69) is 4.98 Å². The van der Waals surface area contributed by atoms with Crippen LogP contribution in [0.4, 0.5) is 5.13 Å². The second kappa shape index (κ2) is 9.12. The summed E-state index contributed by atoms with van der Waals surface area (Å²) < 4.78 is 21.9. The lowest BCUT2D eigenvalue weighted by Crippen LogP contribution is -2.29. The Morgan fingerprint density at radius 1 is 1.11 bits per heavy atom. The van der Waals surface area contributed by atoms with Crippen molar-refractivity contribution in [3.8, 4) is 11.5 Å². The van der Waals surface area contributed by atoms with Crippen LogP contribution in [0.2, 0.25) is 0 Å². The monoisotopic (exact) mass is 506 g/mol. The van der Waals surface area contributed by atoms with E-state index >= 15 is 0 Å². The zero-order valence-corrected chi connectivity index (χ0v) is 20.8. The van der Waals surface area contributed by atoms with Gasteiger partial charge in [-0.05, 0) is 43.7 Å². The fraction of sp³-hybridized carbons (Fsp3) is 0.231. The van der Waals surface area contributed by atoms with Gasteiger partial charge in [-0.15, -0.1) is 0 Å². The second-order valence-electron chi connectivity index (χ2n) is 7.99. The molecule has 9 nitrogen and oxygen atoms in total. The van der Waals surface area contributed by atoms with Crippen molar-refractivity contribution in [2.45, 2.75) is 19.9 Å². The number of hydrogen-bond donors (Lipinski definition) is 0. The van der Waals surface area contributed by atoms with Crippen LogP contribution >= 0.6 is 11.3 Å². The lowest BCUT2D eigenvalue weighted by molar-refractivity contribution is 0.0531. The molecule has 36 heavy (non-hydrogen) atoms. The fourth-order valence-corrected chi connectivity index (χ4v) is 5.31. The van der Waals surface area contributed by atoms with Gasteiger partial charge in [0.1, 0.15) is 10.5 Å². The van der Waals surface area contributed by atoms with Gasteiger partial charge >= 0.3 is 5.97 Å². The summed E-state index contributed by atoms with van der Waals surface area (Å²) in [5.41, 5.74) is 1.20. The first kappa shape index (κ1) is 23.6. The number of anilines is 1. The standard InChI is InChI=1S/C26H22N2O7S/c1-5-34-25(31)23-13(2)27-26(36-23)28-20(14-10-11-17(32-3)18(12-14)33-4)19-21(29)15-8-6-7-9-16(15)35-22(19)24(28)30/h6-12,20H,5H2,1-4H3. The van der Waals surface area contributed by atoms with E-state index < -0.39 is 17.9 Å². The molecule has 184 valence electrons. The maximum atomic E-state index is 13.8. The van der Waals surface area contributed by atoms with Gasteiger partial charge in [-0.1, -0.05) is 29.5 Å². The number of benzene rings is 2. The Kier molecular flexibility index (Phi) is 5.97. The Labute approximate surface area is 209 Å². The van der Waals surface area contributed by atoms with Crippen LogP contribution in [0, 0.1) is 6.92 Å². The number of para-hydroxylation sites is 1. The molecule has 0 N–H and O–H groups in total. The summed E-state index contributed by atoms with van der Waals surface area (Å²) in [5, 5.41) is 0.606. The van der Waals surface area contributed by atoms with Gasteiger partial charge in [-0.2, -0.15) is 0 Å². The molecule has 0 saturated heterocycles. The number of esters is 1. The molecule has 2 aromatic heterocycles. The molecule has 0 bridgehead atoms. The first-order valence-corrected chi connectivity index (χ1v) is 12.0. The number of ether oxygens (including phenoxy) is 3. The van der Waals surface area contributed by atoms with Crippen molar-refractivity contribution in [1.29, 1.82) is 0 Å². The molecule has 0 radical (unpaired) electrons. The molecule has 1 unspecified atom stereocenters. The van der Waals surface area contributed by atoms with Gasteiger partial charge in [0.25, 0.3) is 5.91 Å². The van der Waals surface area contributed by atoms with Gasteiger partial charge in [-0.3, -0.25) is 14.5 Å². The van der Waals surface area contributed by atoms with Crippen LogP contribution < -0.4 is 19.8 Å². The summed E-state index contributed by atoms with van der Waals surface area (Å²) in [7, 11) is 3.03. The first-order chi connectivity index (χ1) is 17.4. The smallest absolute Gasteiger partial charge is 0.350 e. The third-order valence-corrected chi connectivity index (χ3v) is 7.09. The summed E-state index contributed by atoms with van der Waals surface area (Å²) in [5.74, 6) is -0.188. The second-order valence-corrected chi connectivity index (χ2v) is 8.97. The van der Waals surface area contributed by atoms with Crippen LogP contribution in [0.1, 0.15) is 50.0 Å². The number of nitrogens with zero attached hydrogens (tertiary/aromatic N) is 2. The molecule has 1 amide bonds. The van der Waals surface area contributed by atoms with Crippen molar-refractivity contribution in [2.75, 3.05) is 25.7 Å². The predicted molar refractivity (Wildman–Crippen MR) is 133 cm³/mol. The molecular weight excluding hydrogens is 484 g/mol. The number of aromatic nitrogens is 1. The minimum absolute atomic E-state index is 0.0657. The highest BCUT2D eigenvalue weighted by molar-refractivity contribution is 7.17. The van der Waals surface area contributed by atoms with E-state index in [1.54, 1.807) is 56.3 Å². The van der Waals surface area contributed by atoms with Gasteiger partial charge < -0.3 is 18.6 Å². The van der Waals surface area contributed by atoms with Gasteiger partial charge in [0.15, 0.2) is 22.1 Å². The number of methoxy groups -OCH3 is 2. The molecule has 1 atom stereocenters. The Bertz CT molecular complexity index is 1570. The van der Waals surface area contributed by atoms with Crippen LogP contribution in [0.25, 0.3) is 11.0 Å². The van der Waals surface area contributed by atoms with Gasteiger partial charge in [0.05, 0.1) is 43.5 Å². The van der Waals surface area contributed by atoms with E-state index in [0.717, 1.165) is 11.3 Å². The molecule has 1 aliphatic rings. The molecule has 0 saturated carbocycles. The fourth-order valence-electron chi connectivity index (χ4n) is 4.33. The number of fused-ring (bicyclic) bond motifs is 2. The highest BCUT2D eigenvalue weighted by Crippen LogP contribution is 2.44. The normalized spacial score (nSPS) is 14.7. The number of amides is 1. The number of carbonyl (C=O) groups is 2. The minimum atomic E-state index is -0.867. The molecule has 2 aromatic carbocycles. The van der Waals surface area contributed by atoms with Gasteiger partial charge in [-0.25, -0.2) is 9.78 Å². The summed E-state index contributed by atoms with van der Waals surface area (Å²) in [6.45, 7) is 3.59. The quantitative estimate of drug-likeness (QED) is 0.352. The number of thiazole rings is 1. The van der Waals surface area contributed by atoms with Crippen molar-refractivity contribution in [3.63, 3.8) is 0 Å². The van der Waals surface area contributed by atoms with Crippen molar-refractivity contribution in [3.05, 3.63) is 80.1 Å². The summed E-state index contributed by atoms with van der Waals surface area (Å²) in [6.07, 6.45) is 0. The maximum absolute atomic E-state index is 13.8. The Morgan fingerprint density at radius 3 is 2.58 bits per heavy atom. The molecule has 3 heterocycles. The molecule has 5 rings (SSSR count). The van der Waals surface area contributed by atoms with E-state index in [0.29, 0.717) is 33.7 Å². The van der Waals surface area contributed by atoms with Crippen LogP contribution in [0.5, 0.6) is 11.5 Å². The number of rotatable bonds is 6. The SMILES string of the molecule is CCOC(=O)c1sc(N2C(=O)c3oc4ccccc4c(=O)c3C2c2ccc(OC)c(OC)c2)nc1C. The zero-order valence-electron chi connectivity index (χ0n) is 20.0. The molecule has 1 aliphatic heterocycles. The van der Waals surface area contributed by atoms with Crippen LogP contribution in [-0.4, -0.2) is 37.7 Å². The highest BCUT2D eigenvalue weighted by Gasteiger charge is 2.45. The molecule has 4 aromatic rings. The van der Waals surface area contributed by atoms with Crippen LogP contribution in [-0.2, 0) is 4.74 Å². The minimum Gasteiger partial charge on any atom is -0.493 e. The first-order valence-electron chi connectivity index (χ1n) is 11.1. The summed E-state index contributed by atoms with van der Waals surface area (Å²) >= 11 is 1.03. The van der Waals surface area contributed by atoms with E-state index in [1.165, 1.54) is 19.1 Å². The number of aryl methyl sites for hydroxylation is 1. The largest absolute Gasteiger partial charge is 0.493 e. The molecule has 0 aliphatic carbocycles. The van der Waals surface area contributed by atoms with Crippen molar-refractivity contribution < 1.29 is 28.2 Å². The number of carbonyl (C=O) groups excluding carboxylic acids is 2. The highest BCUT2D eigenvalue weighted by atomic mass is 32.1. The third kappa shape index (κ3) is 3.61. The van der Waals surface area contributed by atoms with E-state index in [-0.39, 0.29) is 33.4 Å². The summed E-state index contributed by atoms with van der Waals surface area (Å²) in [4.78, 5) is 46.1. The molecule has 0 spiro atoms. The Hall–Kier alpha value is -4.18. The van der Waals surface area contributed by atoms with Crippen LogP contribution in [0.15, 0.2) is 51.7 Å². The van der Waals surface area contributed by atoms with Crippen molar-refractivity contribution in [2.24, 2.45) is 0 Å². The predicted octanol–water partition coefficient (Wildman–Crippen LogP) is 4.50. The number of hydrogen-bond acceptors (Lipinski definition) is 9. The van der Waals surface area contributed by atoms with Gasteiger partial charge in [0, 0.05) is 0 Å². The third-order valence-electron chi connectivity index (χ3n) is 5.95. The van der Waals surface area contributed by atoms with Crippen molar-refractivity contribution >= 4 is 39.3 Å². The zero-order chi connectivity index (χ0) is 25.6. The maximum Gasteiger partial charge on any atom is 0.350 e. The Balaban J connectivity index is 1.76. The lowest BCUT2D eigenvalue weighted by Gasteiger charge is -2.23. The molecule has 10 heteroatoms. The van der Waals surface area contributed by atoms with E-state index in [9.17, 15) is 14.4 Å². The van der Waals surface area contributed by atoms with Crippen molar-refractivity contribution in [1.82, 2.24) is 4.98 Å². The molecule has 0 fully saturated rings. The Morgan fingerprint density at radius 2 is 1.86 bits per heavy atom. The van der Waals surface area contributed by atoms with Gasteiger partial charge in [0.2, 0.25) is 5.76 Å². The van der Waals surface area contributed by atoms with Crippen LogP contribution in [0.3, 0.4) is 0 Å². The van der Waals surface area contributed by atoms with E-state index in [1.807, 2.05) is 0 Å². The summed E-state index contributed by atoms with van der Waals surface area (Å²) in [6, 6.07) is 11.1. The van der Waals surface area contributed by atoms with E-state index in [4.69, 9.17) is 18.6 Å². The average Bonchev–Trinajstić information content (AvgIpc) is 3.41. The topological polar surface area (TPSA) is 108 Å². The lowest BCUT2D eigenvalue weighted by atomic mass is 9.98. The average molecular weight is 507 g/mol. The molecular formula is C26H22N2O7S.